The Morgan fingerprint density at radius 1 is 1.22 bits per heavy atom. The molecule has 1 N–H and O–H groups in total. The Kier molecular flexibility index (Phi) is 14.0. The van der Waals surface area contributed by atoms with Crippen molar-refractivity contribution in [2.75, 3.05) is 6.54 Å². The third kappa shape index (κ3) is 7.60. The Hall–Kier alpha value is -1.64. The number of nitrogens with one attached hydrogen (secondary N) is 1. The molecule has 3 nitrogen and oxygen atoms in total. The number of carbonyl (C=O) groups is 2. The first-order valence-corrected chi connectivity index (χ1v) is 6.38. The first-order chi connectivity index (χ1) is 8.75. The van der Waals surface area contributed by atoms with Crippen LogP contribution in [0.2, 0.25) is 0 Å². The molecule has 1 aromatic carbocycles. The van der Waals surface area contributed by atoms with Gasteiger partial charge in [-0.25, -0.2) is 0 Å². The first-order valence-electron chi connectivity index (χ1n) is 6.38. The van der Waals surface area contributed by atoms with Crippen molar-refractivity contribution in [2.24, 2.45) is 0 Å². The second kappa shape index (κ2) is 13.4. The van der Waals surface area contributed by atoms with Crippen LogP contribution in [0.3, 0.4) is 0 Å². The van der Waals surface area contributed by atoms with Crippen molar-refractivity contribution < 1.29 is 9.59 Å². The van der Waals surface area contributed by atoms with E-state index in [9.17, 15) is 4.79 Å². The SMILES string of the molecule is C=O.CC.CCCCNC(=O)c1ccccc1C. The number of hydrogen-bond acceptors (Lipinski definition) is 2. The van der Waals surface area contributed by atoms with E-state index in [4.69, 9.17) is 4.79 Å². The summed E-state index contributed by atoms with van der Waals surface area (Å²) in [5, 5.41) is 2.90. The quantitative estimate of drug-likeness (QED) is 0.834. The van der Waals surface area contributed by atoms with Gasteiger partial charge in [-0.3, -0.25) is 4.79 Å². The maximum atomic E-state index is 11.6. The Balaban J connectivity index is 0. The van der Waals surface area contributed by atoms with Crippen LogP contribution in [0.5, 0.6) is 0 Å². The number of unbranched alkanes of at least 4 members (excludes halogenated alkanes) is 1. The molecular weight excluding hydrogens is 226 g/mol. The molecule has 0 aliphatic rings. The van der Waals surface area contributed by atoms with Crippen LogP contribution >= 0.6 is 0 Å². The zero-order valence-electron chi connectivity index (χ0n) is 12.0. The lowest BCUT2D eigenvalue weighted by Gasteiger charge is -2.06. The second-order valence-corrected chi connectivity index (χ2v) is 3.42. The monoisotopic (exact) mass is 251 g/mol. The minimum absolute atomic E-state index is 0.0385. The van der Waals surface area contributed by atoms with Crippen molar-refractivity contribution in [3.8, 4) is 0 Å². The fourth-order valence-electron chi connectivity index (χ4n) is 1.30. The summed E-state index contributed by atoms with van der Waals surface area (Å²) in [5.74, 6) is 0.0385. The Morgan fingerprint density at radius 2 is 1.78 bits per heavy atom. The van der Waals surface area contributed by atoms with Gasteiger partial charge in [-0.15, -0.1) is 0 Å². The largest absolute Gasteiger partial charge is 0.352 e. The van der Waals surface area contributed by atoms with E-state index in [2.05, 4.69) is 12.2 Å². The first kappa shape index (κ1) is 18.7. The lowest BCUT2D eigenvalue weighted by Crippen LogP contribution is -2.24. The molecule has 1 aromatic rings. The van der Waals surface area contributed by atoms with Gasteiger partial charge in [-0.1, -0.05) is 45.4 Å². The van der Waals surface area contributed by atoms with Gasteiger partial charge in [-0.2, -0.15) is 0 Å². The Labute approximate surface area is 111 Å². The highest BCUT2D eigenvalue weighted by Crippen LogP contribution is 2.06. The predicted octanol–water partition coefficient (Wildman–Crippen LogP) is 3.37. The van der Waals surface area contributed by atoms with Gasteiger partial charge in [0.1, 0.15) is 6.79 Å². The number of rotatable bonds is 4. The molecule has 0 spiro atoms. The maximum absolute atomic E-state index is 11.6. The molecule has 0 bridgehead atoms. The molecule has 0 saturated heterocycles. The van der Waals surface area contributed by atoms with E-state index in [0.29, 0.717) is 0 Å². The Morgan fingerprint density at radius 3 is 2.28 bits per heavy atom. The summed E-state index contributed by atoms with van der Waals surface area (Å²) in [6.07, 6.45) is 2.14. The normalized spacial score (nSPS) is 8.22. The van der Waals surface area contributed by atoms with Crippen molar-refractivity contribution in [3.63, 3.8) is 0 Å². The van der Waals surface area contributed by atoms with Crippen LogP contribution < -0.4 is 5.32 Å². The van der Waals surface area contributed by atoms with Gasteiger partial charge < -0.3 is 10.1 Å². The van der Waals surface area contributed by atoms with Gasteiger partial charge in [-0.05, 0) is 25.0 Å². The minimum atomic E-state index is 0.0385. The number of amides is 1. The van der Waals surface area contributed by atoms with Crippen molar-refractivity contribution in [3.05, 3.63) is 35.4 Å². The van der Waals surface area contributed by atoms with Crippen molar-refractivity contribution in [2.45, 2.75) is 40.5 Å². The summed E-state index contributed by atoms with van der Waals surface area (Å²) in [6.45, 7) is 10.8. The van der Waals surface area contributed by atoms with Crippen LogP contribution in [0.4, 0.5) is 0 Å². The van der Waals surface area contributed by atoms with Crippen LogP contribution in [-0.4, -0.2) is 19.2 Å². The van der Waals surface area contributed by atoms with Crippen molar-refractivity contribution in [1.29, 1.82) is 0 Å². The van der Waals surface area contributed by atoms with Gasteiger partial charge in [0, 0.05) is 12.1 Å². The highest BCUT2D eigenvalue weighted by atomic mass is 16.1. The van der Waals surface area contributed by atoms with Gasteiger partial charge >= 0.3 is 0 Å². The minimum Gasteiger partial charge on any atom is -0.352 e. The molecule has 0 atom stereocenters. The number of aryl methyl sites for hydroxylation is 1. The molecular formula is C15H25NO2. The number of hydrogen-bond donors (Lipinski definition) is 1. The van der Waals surface area contributed by atoms with Gasteiger partial charge in [0.05, 0.1) is 0 Å². The van der Waals surface area contributed by atoms with Crippen LogP contribution in [0.25, 0.3) is 0 Å². The molecule has 1 amide bonds. The van der Waals surface area contributed by atoms with E-state index < -0.39 is 0 Å². The fourth-order valence-corrected chi connectivity index (χ4v) is 1.30. The second-order valence-electron chi connectivity index (χ2n) is 3.42. The van der Waals surface area contributed by atoms with Crippen LogP contribution in [0.15, 0.2) is 24.3 Å². The topological polar surface area (TPSA) is 46.2 Å². The molecule has 0 aliphatic heterocycles. The molecule has 0 fully saturated rings. The molecule has 0 unspecified atom stereocenters. The smallest absolute Gasteiger partial charge is 0.251 e. The number of carbonyl (C=O) groups excluding carboxylic acids is 2. The number of benzene rings is 1. The summed E-state index contributed by atoms with van der Waals surface area (Å²) < 4.78 is 0. The van der Waals surface area contributed by atoms with Gasteiger partial charge in [0.2, 0.25) is 0 Å². The average molecular weight is 251 g/mol. The maximum Gasteiger partial charge on any atom is 0.251 e. The Bertz CT molecular complexity index is 324. The fraction of sp³-hybridized carbons (Fsp3) is 0.467. The highest BCUT2D eigenvalue weighted by molar-refractivity contribution is 5.95. The van der Waals surface area contributed by atoms with E-state index in [1.807, 2.05) is 51.8 Å². The predicted molar refractivity (Wildman–Crippen MR) is 76.9 cm³/mol. The zero-order valence-corrected chi connectivity index (χ0v) is 12.0. The van der Waals surface area contributed by atoms with Crippen molar-refractivity contribution >= 4 is 12.7 Å². The van der Waals surface area contributed by atoms with E-state index in [-0.39, 0.29) is 5.91 Å². The highest BCUT2D eigenvalue weighted by Gasteiger charge is 2.05. The molecule has 102 valence electrons. The molecule has 1 rings (SSSR count). The van der Waals surface area contributed by atoms with E-state index in [0.717, 1.165) is 30.5 Å². The zero-order chi connectivity index (χ0) is 14.4. The van der Waals surface area contributed by atoms with E-state index >= 15 is 0 Å². The standard InChI is InChI=1S/C12H17NO.C2H6.CH2O/c1-3-4-9-13-12(14)11-8-6-5-7-10(11)2;2*1-2/h5-8H,3-4,9H2,1-2H3,(H,13,14);1-2H3;1H2. The molecule has 18 heavy (non-hydrogen) atoms. The van der Waals surface area contributed by atoms with Gasteiger partial charge in [0.25, 0.3) is 5.91 Å². The summed E-state index contributed by atoms with van der Waals surface area (Å²) in [7, 11) is 0. The van der Waals surface area contributed by atoms with Crippen LogP contribution in [0, 0.1) is 6.92 Å². The lowest BCUT2D eigenvalue weighted by molar-refractivity contribution is -0.0979. The van der Waals surface area contributed by atoms with E-state index in [1.54, 1.807) is 0 Å². The summed E-state index contributed by atoms with van der Waals surface area (Å²) >= 11 is 0. The third-order valence-corrected chi connectivity index (χ3v) is 2.21. The summed E-state index contributed by atoms with van der Waals surface area (Å²) in [6, 6.07) is 7.64. The van der Waals surface area contributed by atoms with Crippen LogP contribution in [-0.2, 0) is 4.79 Å². The van der Waals surface area contributed by atoms with E-state index in [1.165, 1.54) is 0 Å². The molecule has 0 aromatic heterocycles. The summed E-state index contributed by atoms with van der Waals surface area (Å²) in [4.78, 5) is 19.6. The third-order valence-electron chi connectivity index (χ3n) is 2.21. The molecule has 0 aliphatic carbocycles. The molecule has 0 saturated carbocycles. The molecule has 0 radical (unpaired) electrons. The van der Waals surface area contributed by atoms with Gasteiger partial charge in [0.15, 0.2) is 0 Å². The molecule has 3 heteroatoms. The molecule has 0 heterocycles. The van der Waals surface area contributed by atoms with Crippen LogP contribution in [0.1, 0.15) is 49.5 Å². The summed E-state index contributed by atoms with van der Waals surface area (Å²) in [5.41, 5.74) is 1.81. The average Bonchev–Trinajstić information content (AvgIpc) is 2.44. The van der Waals surface area contributed by atoms with Crippen molar-refractivity contribution in [1.82, 2.24) is 5.32 Å². The lowest BCUT2D eigenvalue weighted by atomic mass is 10.1.